The van der Waals surface area contributed by atoms with E-state index in [1.807, 2.05) is 18.2 Å². The van der Waals surface area contributed by atoms with Gasteiger partial charge in [-0.15, -0.1) is 0 Å². The predicted octanol–water partition coefficient (Wildman–Crippen LogP) is 3.01. The van der Waals surface area contributed by atoms with Gasteiger partial charge in [0.2, 0.25) is 5.88 Å². The van der Waals surface area contributed by atoms with Gasteiger partial charge in [-0.05, 0) is 28.1 Å². The Bertz CT molecular complexity index is 499. The Labute approximate surface area is 96.2 Å². The molecule has 0 saturated heterocycles. The largest absolute Gasteiger partial charge is 0.496 e. The predicted molar refractivity (Wildman–Crippen MR) is 62.5 cm³/mol. The highest BCUT2D eigenvalue weighted by atomic mass is 79.9. The fraction of sp³-hybridized carbons (Fsp3) is 0.182. The van der Waals surface area contributed by atoms with Gasteiger partial charge in [0.05, 0.1) is 19.7 Å². The third-order valence-corrected chi connectivity index (χ3v) is 2.80. The summed E-state index contributed by atoms with van der Waals surface area (Å²) in [6.07, 6.45) is 0. The summed E-state index contributed by atoms with van der Waals surface area (Å²) >= 11 is 3.45. The van der Waals surface area contributed by atoms with Crippen LogP contribution in [-0.4, -0.2) is 19.2 Å². The first kappa shape index (κ1) is 10.2. The molecule has 0 aliphatic carbocycles. The maximum absolute atomic E-state index is 5.28. The van der Waals surface area contributed by atoms with Gasteiger partial charge in [0, 0.05) is 15.9 Å². The lowest BCUT2D eigenvalue weighted by atomic mass is 10.2. The first-order valence-electron chi connectivity index (χ1n) is 4.43. The molecule has 0 saturated carbocycles. The summed E-state index contributed by atoms with van der Waals surface area (Å²) in [4.78, 5) is 4.35. The number of ether oxygens (including phenoxy) is 2. The van der Waals surface area contributed by atoms with Crippen LogP contribution in [0.2, 0.25) is 0 Å². The molecule has 0 aliphatic rings. The van der Waals surface area contributed by atoms with Crippen molar-refractivity contribution in [2.45, 2.75) is 0 Å². The summed E-state index contributed by atoms with van der Waals surface area (Å²) < 4.78 is 11.3. The van der Waals surface area contributed by atoms with Crippen molar-refractivity contribution in [2.75, 3.05) is 14.2 Å². The molecule has 2 rings (SSSR count). The van der Waals surface area contributed by atoms with Crippen LogP contribution in [0.3, 0.4) is 0 Å². The highest BCUT2D eigenvalue weighted by Crippen LogP contribution is 2.32. The zero-order valence-electron chi connectivity index (χ0n) is 8.45. The van der Waals surface area contributed by atoms with Crippen LogP contribution >= 0.6 is 15.9 Å². The van der Waals surface area contributed by atoms with E-state index in [1.165, 1.54) is 0 Å². The van der Waals surface area contributed by atoms with E-state index in [9.17, 15) is 0 Å². The highest BCUT2D eigenvalue weighted by molar-refractivity contribution is 9.10. The second-order valence-electron chi connectivity index (χ2n) is 3.00. The van der Waals surface area contributed by atoms with Crippen molar-refractivity contribution in [3.63, 3.8) is 0 Å². The van der Waals surface area contributed by atoms with Crippen LogP contribution < -0.4 is 9.47 Å². The average Bonchev–Trinajstić information content (AvgIpc) is 2.28. The van der Waals surface area contributed by atoms with Crippen molar-refractivity contribution >= 4 is 26.8 Å². The second kappa shape index (κ2) is 4.06. The van der Waals surface area contributed by atoms with Crippen LogP contribution in [0.1, 0.15) is 0 Å². The zero-order chi connectivity index (χ0) is 10.8. The number of hydrogen-bond donors (Lipinski definition) is 0. The number of benzene rings is 1. The standard InChI is InChI=1S/C11H10BrNO2/c1-14-9-6-10(15-2)13-11-7(9)4-3-5-8(11)12/h3-6H,1-2H3. The van der Waals surface area contributed by atoms with E-state index in [0.717, 1.165) is 21.1 Å². The fourth-order valence-electron chi connectivity index (χ4n) is 1.43. The fourth-order valence-corrected chi connectivity index (χ4v) is 1.89. The van der Waals surface area contributed by atoms with Gasteiger partial charge in [-0.2, -0.15) is 0 Å². The molecule has 0 atom stereocenters. The lowest BCUT2D eigenvalue weighted by Gasteiger charge is -2.08. The smallest absolute Gasteiger partial charge is 0.217 e. The number of nitrogens with zero attached hydrogens (tertiary/aromatic N) is 1. The molecule has 78 valence electrons. The van der Waals surface area contributed by atoms with Gasteiger partial charge in [-0.25, -0.2) is 4.98 Å². The number of halogens is 1. The molecule has 0 spiro atoms. The molecule has 0 radical (unpaired) electrons. The summed E-state index contributed by atoms with van der Waals surface area (Å²) in [6, 6.07) is 7.62. The molecular weight excluding hydrogens is 258 g/mol. The summed E-state index contributed by atoms with van der Waals surface area (Å²) in [7, 11) is 3.22. The summed E-state index contributed by atoms with van der Waals surface area (Å²) in [5, 5.41) is 0.965. The van der Waals surface area contributed by atoms with Gasteiger partial charge in [0.15, 0.2) is 0 Å². The van der Waals surface area contributed by atoms with Crippen molar-refractivity contribution in [2.24, 2.45) is 0 Å². The number of aromatic nitrogens is 1. The Morgan fingerprint density at radius 2 is 2.00 bits per heavy atom. The molecule has 0 unspecified atom stereocenters. The van der Waals surface area contributed by atoms with Crippen LogP contribution in [-0.2, 0) is 0 Å². The number of rotatable bonds is 2. The molecule has 0 amide bonds. The molecule has 0 bridgehead atoms. The van der Waals surface area contributed by atoms with E-state index in [4.69, 9.17) is 9.47 Å². The van der Waals surface area contributed by atoms with Crippen molar-refractivity contribution in [1.29, 1.82) is 0 Å². The summed E-state index contributed by atoms with van der Waals surface area (Å²) in [5.74, 6) is 1.31. The maximum Gasteiger partial charge on any atom is 0.217 e. The molecule has 0 aliphatic heterocycles. The Hall–Kier alpha value is -1.29. The van der Waals surface area contributed by atoms with Gasteiger partial charge in [-0.1, -0.05) is 6.07 Å². The Morgan fingerprint density at radius 1 is 1.20 bits per heavy atom. The van der Waals surface area contributed by atoms with Gasteiger partial charge >= 0.3 is 0 Å². The van der Waals surface area contributed by atoms with Crippen LogP contribution in [0.25, 0.3) is 10.9 Å². The van der Waals surface area contributed by atoms with Crippen LogP contribution in [0.4, 0.5) is 0 Å². The Morgan fingerprint density at radius 3 is 2.67 bits per heavy atom. The quantitative estimate of drug-likeness (QED) is 0.838. The lowest BCUT2D eigenvalue weighted by molar-refractivity contribution is 0.386. The molecular formula is C11H10BrNO2. The third-order valence-electron chi connectivity index (χ3n) is 2.16. The second-order valence-corrected chi connectivity index (χ2v) is 3.86. The van der Waals surface area contributed by atoms with Gasteiger partial charge < -0.3 is 9.47 Å². The molecule has 0 N–H and O–H groups in total. The molecule has 15 heavy (non-hydrogen) atoms. The molecule has 2 aromatic rings. The molecule has 3 nitrogen and oxygen atoms in total. The maximum atomic E-state index is 5.28. The molecule has 1 aromatic carbocycles. The van der Waals surface area contributed by atoms with Crippen LogP contribution in [0, 0.1) is 0 Å². The third kappa shape index (κ3) is 1.77. The van der Waals surface area contributed by atoms with E-state index < -0.39 is 0 Å². The van der Waals surface area contributed by atoms with Crippen molar-refractivity contribution in [1.82, 2.24) is 4.98 Å². The van der Waals surface area contributed by atoms with Crippen LogP contribution in [0.5, 0.6) is 11.6 Å². The lowest BCUT2D eigenvalue weighted by Crippen LogP contribution is -1.92. The highest BCUT2D eigenvalue weighted by Gasteiger charge is 2.08. The van der Waals surface area contributed by atoms with Crippen molar-refractivity contribution in [3.05, 3.63) is 28.7 Å². The van der Waals surface area contributed by atoms with Gasteiger partial charge in [-0.3, -0.25) is 0 Å². The minimum atomic E-state index is 0.547. The number of para-hydroxylation sites is 1. The average molecular weight is 268 g/mol. The van der Waals surface area contributed by atoms with Gasteiger partial charge in [0.25, 0.3) is 0 Å². The van der Waals surface area contributed by atoms with Crippen molar-refractivity contribution < 1.29 is 9.47 Å². The summed E-state index contributed by atoms with van der Waals surface area (Å²) in [5.41, 5.74) is 0.841. The minimum Gasteiger partial charge on any atom is -0.496 e. The molecule has 4 heteroatoms. The zero-order valence-corrected chi connectivity index (χ0v) is 10.0. The Balaban J connectivity index is 2.80. The van der Waals surface area contributed by atoms with E-state index in [2.05, 4.69) is 20.9 Å². The normalized spacial score (nSPS) is 10.3. The Kier molecular flexibility index (Phi) is 2.77. The number of hydrogen-bond acceptors (Lipinski definition) is 3. The molecule has 0 fully saturated rings. The van der Waals surface area contributed by atoms with E-state index in [1.54, 1.807) is 20.3 Å². The van der Waals surface area contributed by atoms with E-state index in [-0.39, 0.29) is 0 Å². The van der Waals surface area contributed by atoms with E-state index in [0.29, 0.717) is 5.88 Å². The van der Waals surface area contributed by atoms with E-state index >= 15 is 0 Å². The monoisotopic (exact) mass is 267 g/mol. The molecule has 1 heterocycles. The van der Waals surface area contributed by atoms with Gasteiger partial charge in [0.1, 0.15) is 5.75 Å². The van der Waals surface area contributed by atoms with Crippen molar-refractivity contribution in [3.8, 4) is 11.6 Å². The number of fused-ring (bicyclic) bond motifs is 1. The van der Waals surface area contributed by atoms with Crippen LogP contribution in [0.15, 0.2) is 28.7 Å². The number of methoxy groups -OCH3 is 2. The number of pyridine rings is 1. The topological polar surface area (TPSA) is 31.4 Å². The first-order valence-corrected chi connectivity index (χ1v) is 5.23. The summed E-state index contributed by atoms with van der Waals surface area (Å²) in [6.45, 7) is 0. The molecule has 1 aromatic heterocycles. The SMILES string of the molecule is COc1cc(OC)c2cccc(Br)c2n1. The first-order chi connectivity index (χ1) is 7.26. The minimum absolute atomic E-state index is 0.547.